The summed E-state index contributed by atoms with van der Waals surface area (Å²) in [6.07, 6.45) is 3.74. The summed E-state index contributed by atoms with van der Waals surface area (Å²) < 4.78 is 11.2. The fraction of sp³-hybridized carbons (Fsp3) is 0.267. The van der Waals surface area contributed by atoms with Crippen LogP contribution in [0.2, 0.25) is 0 Å². The Morgan fingerprint density at radius 2 is 1.56 bits per heavy atom. The van der Waals surface area contributed by atoms with E-state index in [-0.39, 0.29) is 16.9 Å². The van der Waals surface area contributed by atoms with E-state index in [2.05, 4.69) is 65.8 Å². The van der Waals surface area contributed by atoms with Gasteiger partial charge in [-0.3, -0.25) is 0 Å². The minimum Gasteiger partial charge on any atom is -0.870 e. The Bertz CT molecular complexity index is 1370. The van der Waals surface area contributed by atoms with E-state index in [4.69, 9.17) is 19.4 Å². The molecule has 4 aromatic rings. The summed E-state index contributed by atoms with van der Waals surface area (Å²) in [5.74, 6) is 0.871. The molecule has 4 rings (SSSR count). The molecule has 1 aromatic heterocycles. The number of nitrogens with zero attached hydrogens (tertiary/aromatic N) is 2. The van der Waals surface area contributed by atoms with Gasteiger partial charge in [-0.05, 0) is 66.0 Å². The second kappa shape index (κ2) is 10.1. The molecule has 0 spiro atoms. The molecule has 183 valence electrons. The van der Waals surface area contributed by atoms with Crippen LogP contribution in [0.4, 0.5) is 0 Å². The van der Waals surface area contributed by atoms with E-state index in [0.29, 0.717) is 11.6 Å². The quantitative estimate of drug-likeness (QED) is 0.346. The summed E-state index contributed by atoms with van der Waals surface area (Å²) in [6, 6.07) is 15.3. The number of para-hydroxylation sites is 1. The van der Waals surface area contributed by atoms with E-state index >= 15 is 0 Å². The SMILES string of the molecule is COc1cccc([O-])c1O[B]c1ccc(C(C)(C)C)cc1-c1ncc(-c2c(C)cc(C)cc2C)cn1. The lowest BCUT2D eigenvalue weighted by Gasteiger charge is -2.22. The van der Waals surface area contributed by atoms with Crippen molar-refractivity contribution in [2.24, 2.45) is 0 Å². The molecule has 5 nitrogen and oxygen atoms in total. The van der Waals surface area contributed by atoms with Gasteiger partial charge >= 0.3 is 7.48 Å². The predicted molar refractivity (Wildman–Crippen MR) is 144 cm³/mol. The van der Waals surface area contributed by atoms with Gasteiger partial charge in [0.25, 0.3) is 0 Å². The average molecular weight is 478 g/mol. The molecule has 36 heavy (non-hydrogen) atoms. The van der Waals surface area contributed by atoms with E-state index < -0.39 is 0 Å². The standard InChI is InChI=1S/C30H32BN2O3/c1-18-13-19(2)27(20(3)14-18)21-16-32-29(33-17-21)23-15-22(30(4,5)6)11-12-24(23)31-36-28-25(34)9-8-10-26(28)35-7/h8-17,34H,1-7H3/p-1. The lowest BCUT2D eigenvalue weighted by atomic mass is 9.78. The lowest BCUT2D eigenvalue weighted by molar-refractivity contribution is -0.269. The third-order valence-corrected chi connectivity index (χ3v) is 6.24. The zero-order chi connectivity index (χ0) is 26.0. The second-order valence-electron chi connectivity index (χ2n) is 10.1. The van der Waals surface area contributed by atoms with E-state index in [1.807, 2.05) is 18.5 Å². The monoisotopic (exact) mass is 478 g/mol. The van der Waals surface area contributed by atoms with Gasteiger partial charge in [0.15, 0.2) is 11.6 Å². The number of aromatic nitrogens is 2. The van der Waals surface area contributed by atoms with Gasteiger partial charge < -0.3 is 14.5 Å². The topological polar surface area (TPSA) is 67.3 Å². The van der Waals surface area contributed by atoms with Crippen LogP contribution >= 0.6 is 0 Å². The van der Waals surface area contributed by atoms with Crippen LogP contribution in [0.5, 0.6) is 17.2 Å². The van der Waals surface area contributed by atoms with Crippen LogP contribution in [0.25, 0.3) is 22.5 Å². The first-order valence-corrected chi connectivity index (χ1v) is 12.0. The molecule has 1 heterocycles. The molecule has 0 bridgehead atoms. The predicted octanol–water partition coefficient (Wildman–Crippen LogP) is 5.44. The molecule has 0 unspecified atom stereocenters. The maximum absolute atomic E-state index is 12.4. The number of aryl methyl sites for hydroxylation is 3. The van der Waals surface area contributed by atoms with Crippen LogP contribution in [0.15, 0.2) is 60.9 Å². The van der Waals surface area contributed by atoms with Gasteiger partial charge in [0.2, 0.25) is 0 Å². The Labute approximate surface area is 214 Å². The van der Waals surface area contributed by atoms with Crippen molar-refractivity contribution < 1.29 is 14.5 Å². The van der Waals surface area contributed by atoms with Gasteiger partial charge in [-0.25, -0.2) is 9.97 Å². The molecule has 0 aliphatic carbocycles. The van der Waals surface area contributed by atoms with Gasteiger partial charge in [-0.15, -0.1) is 0 Å². The summed E-state index contributed by atoms with van der Waals surface area (Å²) in [5.41, 5.74) is 8.46. The van der Waals surface area contributed by atoms with Crippen LogP contribution in [-0.4, -0.2) is 24.6 Å². The van der Waals surface area contributed by atoms with Crippen molar-refractivity contribution in [2.75, 3.05) is 7.11 Å². The van der Waals surface area contributed by atoms with Gasteiger partial charge in [0.05, 0.1) is 7.11 Å². The fourth-order valence-electron chi connectivity index (χ4n) is 4.45. The molecule has 0 N–H and O–H groups in total. The van der Waals surface area contributed by atoms with Gasteiger partial charge in [-0.2, -0.15) is 0 Å². The number of hydrogen-bond acceptors (Lipinski definition) is 5. The normalized spacial score (nSPS) is 11.3. The Morgan fingerprint density at radius 3 is 2.17 bits per heavy atom. The number of hydrogen-bond donors (Lipinski definition) is 0. The summed E-state index contributed by atoms with van der Waals surface area (Å²) in [6.45, 7) is 12.8. The highest BCUT2D eigenvalue weighted by molar-refractivity contribution is 6.50. The van der Waals surface area contributed by atoms with E-state index in [9.17, 15) is 5.11 Å². The van der Waals surface area contributed by atoms with Crippen LogP contribution < -0.4 is 20.0 Å². The maximum atomic E-state index is 12.4. The molecular weight excluding hydrogens is 447 g/mol. The molecule has 0 atom stereocenters. The summed E-state index contributed by atoms with van der Waals surface area (Å²) in [7, 11) is 3.07. The lowest BCUT2D eigenvalue weighted by Crippen LogP contribution is -2.25. The largest absolute Gasteiger partial charge is 0.870 e. The minimum absolute atomic E-state index is 0.0605. The molecule has 1 radical (unpaired) electrons. The van der Waals surface area contributed by atoms with Gasteiger partial charge in [0.1, 0.15) is 5.75 Å². The molecule has 0 amide bonds. The summed E-state index contributed by atoms with van der Waals surface area (Å²) >= 11 is 0. The number of benzene rings is 3. The summed E-state index contributed by atoms with van der Waals surface area (Å²) in [4.78, 5) is 9.49. The van der Waals surface area contributed by atoms with Crippen molar-refractivity contribution in [1.29, 1.82) is 0 Å². The highest BCUT2D eigenvalue weighted by atomic mass is 16.5. The zero-order valence-corrected chi connectivity index (χ0v) is 22.0. The van der Waals surface area contributed by atoms with E-state index in [1.165, 1.54) is 29.9 Å². The Morgan fingerprint density at radius 1 is 0.889 bits per heavy atom. The highest BCUT2D eigenvalue weighted by Gasteiger charge is 2.20. The minimum atomic E-state index is -0.247. The second-order valence-corrected chi connectivity index (χ2v) is 10.1. The molecule has 0 aliphatic rings. The van der Waals surface area contributed by atoms with Crippen LogP contribution in [0.3, 0.4) is 0 Å². The molecule has 0 aliphatic heterocycles. The first-order valence-electron chi connectivity index (χ1n) is 12.0. The van der Waals surface area contributed by atoms with E-state index in [0.717, 1.165) is 27.7 Å². The summed E-state index contributed by atoms with van der Waals surface area (Å²) in [5, 5.41) is 12.4. The van der Waals surface area contributed by atoms with Crippen molar-refractivity contribution in [3.05, 3.63) is 83.2 Å². The third kappa shape index (κ3) is 5.23. The van der Waals surface area contributed by atoms with Gasteiger partial charge in [-0.1, -0.05) is 68.5 Å². The molecule has 0 saturated carbocycles. The maximum Gasteiger partial charge on any atom is 0.409 e. The highest BCUT2D eigenvalue weighted by Crippen LogP contribution is 2.34. The Kier molecular flexibility index (Phi) is 7.07. The molecular formula is C30H31BN2O3-. The van der Waals surface area contributed by atoms with Crippen molar-refractivity contribution in [3.8, 4) is 39.8 Å². The molecule has 6 heteroatoms. The zero-order valence-electron chi connectivity index (χ0n) is 22.0. The Hall–Kier alpha value is -3.80. The number of rotatable bonds is 6. The first kappa shape index (κ1) is 25.3. The third-order valence-electron chi connectivity index (χ3n) is 6.24. The van der Waals surface area contributed by atoms with Gasteiger partial charge in [0, 0.05) is 23.5 Å². The van der Waals surface area contributed by atoms with Crippen LogP contribution in [0, 0.1) is 20.8 Å². The van der Waals surface area contributed by atoms with Crippen LogP contribution in [0.1, 0.15) is 43.0 Å². The van der Waals surface area contributed by atoms with E-state index in [1.54, 1.807) is 19.6 Å². The smallest absolute Gasteiger partial charge is 0.409 e. The van der Waals surface area contributed by atoms with Crippen molar-refractivity contribution in [2.45, 2.75) is 47.0 Å². The van der Waals surface area contributed by atoms with Crippen molar-refractivity contribution in [1.82, 2.24) is 9.97 Å². The average Bonchev–Trinajstić information content (AvgIpc) is 2.82. The Balaban J connectivity index is 1.73. The molecule has 3 aromatic carbocycles. The van der Waals surface area contributed by atoms with Crippen molar-refractivity contribution in [3.63, 3.8) is 0 Å². The van der Waals surface area contributed by atoms with Crippen LogP contribution in [-0.2, 0) is 5.41 Å². The molecule has 0 saturated heterocycles. The first-order chi connectivity index (χ1) is 17.1. The number of methoxy groups -OCH3 is 1. The van der Waals surface area contributed by atoms with Crippen molar-refractivity contribution >= 4 is 12.9 Å². The molecule has 0 fully saturated rings. The number of ether oxygens (including phenoxy) is 1. The fourth-order valence-corrected chi connectivity index (χ4v) is 4.45.